The fourth-order valence-corrected chi connectivity index (χ4v) is 4.30. The number of imidazole rings is 1. The number of hydrogen-bond acceptors (Lipinski definition) is 5. The van der Waals surface area contributed by atoms with Crippen molar-refractivity contribution in [3.8, 4) is 0 Å². The second-order valence-electron chi connectivity index (χ2n) is 6.06. The summed E-state index contributed by atoms with van der Waals surface area (Å²) in [6.45, 7) is 5.94. The Kier molecular flexibility index (Phi) is 4.12. The molecule has 7 nitrogen and oxygen atoms in total. The van der Waals surface area contributed by atoms with Gasteiger partial charge in [-0.3, -0.25) is 4.79 Å². The van der Waals surface area contributed by atoms with Crippen LogP contribution >= 0.6 is 11.3 Å². The maximum absolute atomic E-state index is 12.6. The number of rotatable bonds is 4. The Morgan fingerprint density at radius 2 is 2.22 bits per heavy atom. The number of nitrogens with zero attached hydrogens (tertiary/aromatic N) is 3. The molecule has 0 saturated carbocycles. The molecule has 0 saturated heterocycles. The van der Waals surface area contributed by atoms with E-state index >= 15 is 0 Å². The molecule has 8 heteroatoms. The molecule has 4 aromatic rings. The predicted octanol–water partition coefficient (Wildman–Crippen LogP) is 2.47. The van der Waals surface area contributed by atoms with Crippen LogP contribution in [-0.2, 0) is 11.3 Å². The first-order chi connectivity index (χ1) is 13.0. The second kappa shape index (κ2) is 6.48. The first-order valence-corrected chi connectivity index (χ1v) is 9.07. The van der Waals surface area contributed by atoms with Crippen molar-refractivity contribution in [2.75, 3.05) is 7.11 Å². The molecule has 1 N–H and O–H groups in total. The van der Waals surface area contributed by atoms with E-state index in [2.05, 4.69) is 16.5 Å². The lowest BCUT2D eigenvalue weighted by Crippen LogP contribution is -2.34. The third kappa shape index (κ3) is 2.74. The van der Waals surface area contributed by atoms with Crippen LogP contribution in [-0.4, -0.2) is 27.6 Å². The van der Waals surface area contributed by atoms with Gasteiger partial charge < -0.3 is 9.72 Å². The average Bonchev–Trinajstić information content (AvgIpc) is 3.19. The van der Waals surface area contributed by atoms with Gasteiger partial charge in [0.25, 0.3) is 5.56 Å². The maximum atomic E-state index is 12.6. The van der Waals surface area contributed by atoms with Crippen molar-refractivity contribution < 1.29 is 14.1 Å². The highest BCUT2D eigenvalue weighted by Crippen LogP contribution is 2.27. The molecule has 136 valence electrons. The van der Waals surface area contributed by atoms with Crippen LogP contribution in [0.4, 0.5) is 0 Å². The summed E-state index contributed by atoms with van der Waals surface area (Å²) in [6, 6.07) is 7.91. The predicted molar refractivity (Wildman–Crippen MR) is 104 cm³/mol. The average molecular weight is 381 g/mol. The smallest absolute Gasteiger partial charge is 0.348 e. The Hall–Kier alpha value is -3.26. The van der Waals surface area contributed by atoms with Crippen LogP contribution in [0, 0.1) is 6.92 Å². The number of aromatic amines is 1. The first kappa shape index (κ1) is 17.2. The summed E-state index contributed by atoms with van der Waals surface area (Å²) in [5.74, 6) is 0.0574. The number of fused-ring (bicyclic) bond motifs is 2. The van der Waals surface area contributed by atoms with E-state index in [0.717, 1.165) is 11.0 Å². The van der Waals surface area contributed by atoms with E-state index in [-0.39, 0.29) is 5.56 Å². The molecule has 1 aromatic carbocycles. The summed E-state index contributed by atoms with van der Waals surface area (Å²) in [5, 5.41) is 0.433. The maximum Gasteiger partial charge on any atom is 0.348 e. The monoisotopic (exact) mass is 381 g/mol. The molecular formula is C19H17N4O3S+. The first-order valence-electron chi connectivity index (χ1n) is 8.25. The van der Waals surface area contributed by atoms with Crippen molar-refractivity contribution in [2.45, 2.75) is 13.5 Å². The number of esters is 1. The number of carbonyl (C=O) groups is 1. The highest BCUT2D eigenvalue weighted by molar-refractivity contribution is 7.20. The molecule has 0 aliphatic carbocycles. The van der Waals surface area contributed by atoms with Crippen molar-refractivity contribution >= 4 is 44.8 Å². The molecule has 3 heterocycles. The van der Waals surface area contributed by atoms with Gasteiger partial charge in [0.15, 0.2) is 16.9 Å². The quantitative estimate of drug-likeness (QED) is 0.435. The molecule has 0 bridgehead atoms. The number of aromatic nitrogens is 4. The Labute approximate surface area is 158 Å². The third-order valence-electron chi connectivity index (χ3n) is 4.47. The highest BCUT2D eigenvalue weighted by atomic mass is 32.1. The number of methoxy groups -OCH3 is 1. The molecule has 0 fully saturated rings. The van der Waals surface area contributed by atoms with Gasteiger partial charge >= 0.3 is 5.97 Å². The number of nitrogens with one attached hydrogen (secondary N) is 1. The van der Waals surface area contributed by atoms with Crippen molar-refractivity contribution in [2.24, 2.45) is 0 Å². The lowest BCUT2D eigenvalue weighted by atomic mass is 10.2. The van der Waals surface area contributed by atoms with E-state index in [1.807, 2.05) is 39.7 Å². The molecular weight excluding hydrogens is 364 g/mol. The van der Waals surface area contributed by atoms with Crippen LogP contribution in [0.25, 0.3) is 27.4 Å². The molecule has 3 aromatic heterocycles. The van der Waals surface area contributed by atoms with Gasteiger partial charge in [0.1, 0.15) is 16.3 Å². The topological polar surface area (TPSA) is 80.9 Å². The van der Waals surface area contributed by atoms with Gasteiger partial charge in [-0.15, -0.1) is 11.3 Å². The molecule has 0 radical (unpaired) electrons. The number of benzene rings is 1. The summed E-state index contributed by atoms with van der Waals surface area (Å²) in [5.41, 5.74) is 2.35. The van der Waals surface area contributed by atoms with E-state index in [9.17, 15) is 9.59 Å². The van der Waals surface area contributed by atoms with Crippen molar-refractivity contribution in [1.82, 2.24) is 14.5 Å². The number of H-pyrrole nitrogens is 1. The lowest BCUT2D eigenvalue weighted by Gasteiger charge is -1.99. The van der Waals surface area contributed by atoms with E-state index in [0.29, 0.717) is 33.0 Å². The van der Waals surface area contributed by atoms with E-state index in [1.54, 1.807) is 13.1 Å². The van der Waals surface area contributed by atoms with Crippen LogP contribution in [0.5, 0.6) is 0 Å². The number of para-hydroxylation sites is 2. The largest absolute Gasteiger partial charge is 0.465 e. The number of thiophene rings is 1. The Morgan fingerprint density at radius 1 is 1.44 bits per heavy atom. The van der Waals surface area contributed by atoms with Gasteiger partial charge in [-0.05, 0) is 24.6 Å². The van der Waals surface area contributed by atoms with Gasteiger partial charge in [0.2, 0.25) is 6.33 Å². The summed E-state index contributed by atoms with van der Waals surface area (Å²) in [4.78, 5) is 32.8. The highest BCUT2D eigenvalue weighted by Gasteiger charge is 2.21. The molecule has 27 heavy (non-hydrogen) atoms. The molecule has 0 aliphatic rings. The van der Waals surface area contributed by atoms with Gasteiger partial charge in [0.05, 0.1) is 18.7 Å². The third-order valence-corrected chi connectivity index (χ3v) is 5.64. The number of carbonyl (C=O) groups excluding carboxylic acids is 1. The minimum atomic E-state index is -0.458. The molecule has 0 spiro atoms. The van der Waals surface area contributed by atoms with Crippen LogP contribution in [0.3, 0.4) is 0 Å². The van der Waals surface area contributed by atoms with Crippen LogP contribution in [0.2, 0.25) is 0 Å². The minimum absolute atomic E-state index is 0.257. The lowest BCUT2D eigenvalue weighted by molar-refractivity contribution is -0.663. The Morgan fingerprint density at radius 3 is 2.96 bits per heavy atom. The van der Waals surface area contributed by atoms with Gasteiger partial charge in [-0.25, -0.2) is 18.9 Å². The van der Waals surface area contributed by atoms with Crippen molar-refractivity contribution in [1.29, 1.82) is 0 Å². The van der Waals surface area contributed by atoms with Crippen molar-refractivity contribution in [3.05, 3.63) is 63.8 Å². The SMILES string of the molecule is C=Cn1c[n+](Cc2nc3sc(C(=O)OC)c(C)c3c(=O)[nH]2)c2ccccc21. The zero-order valence-corrected chi connectivity index (χ0v) is 15.7. The summed E-state index contributed by atoms with van der Waals surface area (Å²) in [6.07, 6.45) is 3.63. The number of ether oxygens (including phenoxy) is 1. The molecule has 4 rings (SSSR count). The number of hydrogen-bond donors (Lipinski definition) is 1. The molecule has 0 unspecified atom stereocenters. The van der Waals surface area contributed by atoms with Crippen LogP contribution in [0.1, 0.15) is 21.1 Å². The number of aryl methyl sites for hydroxylation is 1. The van der Waals surface area contributed by atoms with Crippen LogP contribution in [0.15, 0.2) is 42.0 Å². The summed E-state index contributed by atoms with van der Waals surface area (Å²) in [7, 11) is 1.32. The van der Waals surface area contributed by atoms with Gasteiger partial charge in [-0.2, -0.15) is 0 Å². The fraction of sp³-hybridized carbons (Fsp3) is 0.158. The molecule has 0 amide bonds. The van der Waals surface area contributed by atoms with Crippen molar-refractivity contribution in [3.63, 3.8) is 0 Å². The second-order valence-corrected chi connectivity index (χ2v) is 7.06. The fourth-order valence-electron chi connectivity index (χ4n) is 3.18. The zero-order valence-electron chi connectivity index (χ0n) is 14.9. The van der Waals surface area contributed by atoms with Gasteiger partial charge in [-0.1, -0.05) is 18.7 Å². The molecule has 0 aliphatic heterocycles. The normalized spacial score (nSPS) is 11.2. The zero-order chi connectivity index (χ0) is 19.1. The van der Waals surface area contributed by atoms with Crippen LogP contribution < -0.4 is 10.1 Å². The van der Waals surface area contributed by atoms with E-state index in [1.165, 1.54) is 18.4 Å². The summed E-state index contributed by atoms with van der Waals surface area (Å²) >= 11 is 1.17. The Balaban J connectivity index is 1.83. The van der Waals surface area contributed by atoms with Gasteiger partial charge in [0, 0.05) is 0 Å². The van der Waals surface area contributed by atoms with E-state index in [4.69, 9.17) is 4.74 Å². The summed E-state index contributed by atoms with van der Waals surface area (Å²) < 4.78 is 8.69. The van der Waals surface area contributed by atoms with E-state index < -0.39 is 5.97 Å². The molecule has 0 atom stereocenters. The Bertz CT molecular complexity index is 1270. The minimum Gasteiger partial charge on any atom is -0.465 e. The standard InChI is InChI=1S/C19H16N4O3S/c1-4-22-10-23(13-8-6-5-7-12(13)22)9-14-20-17(24)15-11(2)16(19(25)26-3)27-18(15)21-14/h4-8,10H,1,9H2,2-3H3/p+1.